The summed E-state index contributed by atoms with van der Waals surface area (Å²) in [7, 11) is 0. The summed E-state index contributed by atoms with van der Waals surface area (Å²) in [5, 5.41) is 17.7. The van der Waals surface area contributed by atoms with Crippen molar-refractivity contribution in [1.82, 2.24) is 9.97 Å². The van der Waals surface area contributed by atoms with Gasteiger partial charge in [0.25, 0.3) is 0 Å². The largest absolute Gasteiger partial charge is 0.395 e. The molecule has 0 saturated heterocycles. The Labute approximate surface area is 174 Å². The quantitative estimate of drug-likeness (QED) is 0.436. The van der Waals surface area contributed by atoms with Crippen LogP contribution in [0.15, 0.2) is 59.6 Å². The fourth-order valence-electron chi connectivity index (χ4n) is 2.59. The van der Waals surface area contributed by atoms with Crippen molar-refractivity contribution in [2.24, 2.45) is 0 Å². The number of aryl methyl sites for hydroxylation is 1. The molecule has 0 bridgehead atoms. The Morgan fingerprint density at radius 1 is 1.03 bits per heavy atom. The lowest BCUT2D eigenvalue weighted by Crippen LogP contribution is -2.19. The number of urea groups is 1. The van der Waals surface area contributed by atoms with E-state index in [-0.39, 0.29) is 12.6 Å². The minimum absolute atomic E-state index is 0.0260. The van der Waals surface area contributed by atoms with Gasteiger partial charge in [-0.25, -0.2) is 14.8 Å². The maximum Gasteiger partial charge on any atom is 0.323 e. The number of rotatable bonds is 7. The number of aliphatic hydroxyl groups is 1. The highest BCUT2D eigenvalue weighted by atomic mass is 32.2. The topological polar surface area (TPSA) is 99.2 Å². The smallest absolute Gasteiger partial charge is 0.323 e. The third-order valence-corrected chi connectivity index (χ3v) is 4.83. The van der Waals surface area contributed by atoms with Gasteiger partial charge in [0.2, 0.25) is 0 Å². The Kier molecular flexibility index (Phi) is 7.04. The lowest BCUT2D eigenvalue weighted by molar-refractivity contribution is 0.262. The van der Waals surface area contributed by atoms with E-state index in [0.29, 0.717) is 23.9 Å². The van der Waals surface area contributed by atoms with Gasteiger partial charge in [0.15, 0.2) is 5.82 Å². The minimum atomic E-state index is -0.308. The van der Waals surface area contributed by atoms with Gasteiger partial charge < -0.3 is 21.1 Å². The monoisotopic (exact) mass is 409 g/mol. The highest BCUT2D eigenvalue weighted by Crippen LogP contribution is 2.26. The van der Waals surface area contributed by atoms with Gasteiger partial charge in [-0.05, 0) is 49.6 Å². The molecule has 3 aromatic rings. The van der Waals surface area contributed by atoms with Crippen molar-refractivity contribution in [3.05, 3.63) is 60.3 Å². The molecule has 150 valence electrons. The van der Waals surface area contributed by atoms with E-state index in [4.69, 9.17) is 5.11 Å². The molecule has 2 aromatic carbocycles. The van der Waals surface area contributed by atoms with Gasteiger partial charge in [0.1, 0.15) is 5.82 Å². The van der Waals surface area contributed by atoms with Gasteiger partial charge in [-0.15, -0.1) is 11.8 Å². The maximum absolute atomic E-state index is 12.2. The second-order valence-corrected chi connectivity index (χ2v) is 7.13. The zero-order valence-electron chi connectivity index (χ0n) is 16.3. The van der Waals surface area contributed by atoms with Crippen LogP contribution in [0.5, 0.6) is 0 Å². The number of hydrogen-bond donors (Lipinski definition) is 4. The number of carbonyl (C=O) groups is 1. The first-order valence-corrected chi connectivity index (χ1v) is 10.3. The Morgan fingerprint density at radius 2 is 1.66 bits per heavy atom. The van der Waals surface area contributed by atoms with Gasteiger partial charge in [-0.2, -0.15) is 0 Å². The predicted octanol–water partition coefficient (Wildman–Crippen LogP) is 4.22. The first-order chi connectivity index (χ1) is 14.1. The number of nitrogens with one attached hydrogen (secondary N) is 3. The number of nitrogens with zero attached hydrogens (tertiary/aromatic N) is 2. The molecule has 3 rings (SSSR count). The van der Waals surface area contributed by atoms with Crippen molar-refractivity contribution in [2.45, 2.75) is 11.8 Å². The number of thioether (sulfide) groups is 1. The van der Waals surface area contributed by atoms with Crippen LogP contribution in [-0.2, 0) is 0 Å². The van der Waals surface area contributed by atoms with E-state index in [1.807, 2.05) is 49.6 Å². The summed E-state index contributed by atoms with van der Waals surface area (Å²) in [6.07, 6.45) is 3.71. The van der Waals surface area contributed by atoms with E-state index in [0.717, 1.165) is 21.7 Å². The summed E-state index contributed by atoms with van der Waals surface area (Å²) in [5.74, 6) is 1.26. The van der Waals surface area contributed by atoms with Gasteiger partial charge >= 0.3 is 6.03 Å². The Morgan fingerprint density at radius 3 is 2.24 bits per heavy atom. The fraction of sp³-hybridized carbons (Fsp3) is 0.190. The van der Waals surface area contributed by atoms with Crippen molar-refractivity contribution in [3.63, 3.8) is 0 Å². The summed E-state index contributed by atoms with van der Waals surface area (Å²) in [6.45, 7) is 2.44. The first kappa shape index (κ1) is 20.6. The number of amides is 2. The highest BCUT2D eigenvalue weighted by Gasteiger charge is 2.09. The molecule has 1 heterocycles. The fourth-order valence-corrected chi connectivity index (χ4v) is 3.06. The van der Waals surface area contributed by atoms with E-state index in [1.165, 1.54) is 11.8 Å². The third kappa shape index (κ3) is 5.69. The van der Waals surface area contributed by atoms with Crippen molar-refractivity contribution in [3.8, 4) is 11.4 Å². The molecule has 4 N–H and O–H groups in total. The summed E-state index contributed by atoms with van der Waals surface area (Å²) >= 11 is 1.54. The predicted molar refractivity (Wildman–Crippen MR) is 119 cm³/mol. The molecular formula is C21H23N5O2S. The highest BCUT2D eigenvalue weighted by molar-refractivity contribution is 7.98. The molecule has 0 aliphatic carbocycles. The number of hydrogen-bond acceptors (Lipinski definition) is 6. The molecule has 0 unspecified atom stereocenters. The third-order valence-electron chi connectivity index (χ3n) is 4.09. The van der Waals surface area contributed by atoms with Crippen LogP contribution in [0.25, 0.3) is 11.4 Å². The van der Waals surface area contributed by atoms with Crippen molar-refractivity contribution < 1.29 is 9.90 Å². The average Bonchev–Trinajstić information content (AvgIpc) is 2.74. The summed E-state index contributed by atoms with van der Waals surface area (Å²) in [5.41, 5.74) is 3.36. The number of aliphatic hydroxyl groups excluding tert-OH is 1. The Hall–Kier alpha value is -3.10. The Balaban J connectivity index is 1.68. The van der Waals surface area contributed by atoms with Crippen LogP contribution in [0, 0.1) is 6.92 Å². The van der Waals surface area contributed by atoms with E-state index >= 15 is 0 Å². The first-order valence-electron chi connectivity index (χ1n) is 9.10. The molecule has 0 fully saturated rings. The summed E-state index contributed by atoms with van der Waals surface area (Å²) in [4.78, 5) is 22.0. The second kappa shape index (κ2) is 9.90. The van der Waals surface area contributed by atoms with Crippen LogP contribution in [-0.4, -0.2) is 40.5 Å². The van der Waals surface area contributed by atoms with Crippen LogP contribution in [0.4, 0.5) is 22.0 Å². The second-order valence-electron chi connectivity index (χ2n) is 6.28. The summed E-state index contributed by atoms with van der Waals surface area (Å²) < 4.78 is 0. The average molecular weight is 410 g/mol. The molecule has 29 heavy (non-hydrogen) atoms. The molecule has 0 saturated carbocycles. The molecule has 0 spiro atoms. The molecule has 1 aromatic heterocycles. The molecule has 0 aliphatic rings. The van der Waals surface area contributed by atoms with Gasteiger partial charge in [-0.3, -0.25) is 0 Å². The SMILES string of the molecule is CSc1cnc(-c2ccc(NC(=O)Nc3ccc(C)cc3)cc2)nc1NCCO. The lowest BCUT2D eigenvalue weighted by Gasteiger charge is -2.11. The van der Waals surface area contributed by atoms with Crippen molar-refractivity contribution in [1.29, 1.82) is 0 Å². The Bertz CT molecular complexity index is 962. The number of carbonyl (C=O) groups excluding carboxylic acids is 1. The normalized spacial score (nSPS) is 10.4. The molecule has 0 atom stereocenters. The summed E-state index contributed by atoms with van der Waals surface area (Å²) in [6, 6.07) is 14.6. The standard InChI is InChI=1S/C21H23N5O2S/c1-14-3-7-16(8-4-14)24-21(28)25-17-9-5-15(6-10-17)19-23-13-18(29-2)20(26-19)22-11-12-27/h3-10,13,27H,11-12H2,1-2H3,(H,22,23,26)(H2,24,25,28). The maximum atomic E-state index is 12.2. The zero-order valence-corrected chi connectivity index (χ0v) is 17.1. The molecule has 8 heteroatoms. The molecular weight excluding hydrogens is 386 g/mol. The van der Waals surface area contributed by atoms with Crippen molar-refractivity contribution in [2.75, 3.05) is 35.4 Å². The van der Waals surface area contributed by atoms with E-state index < -0.39 is 0 Å². The molecule has 0 aliphatic heterocycles. The van der Waals surface area contributed by atoms with Crippen LogP contribution in [0.2, 0.25) is 0 Å². The number of aromatic nitrogens is 2. The molecule has 0 radical (unpaired) electrons. The van der Waals surface area contributed by atoms with Gasteiger partial charge in [-0.1, -0.05) is 17.7 Å². The zero-order chi connectivity index (χ0) is 20.6. The van der Waals surface area contributed by atoms with Crippen LogP contribution >= 0.6 is 11.8 Å². The van der Waals surface area contributed by atoms with Gasteiger partial charge in [0.05, 0.1) is 11.5 Å². The molecule has 2 amide bonds. The van der Waals surface area contributed by atoms with E-state index in [2.05, 4.69) is 25.9 Å². The van der Waals surface area contributed by atoms with Crippen LogP contribution in [0.3, 0.4) is 0 Å². The van der Waals surface area contributed by atoms with Crippen molar-refractivity contribution >= 4 is 35.0 Å². The van der Waals surface area contributed by atoms with E-state index in [1.54, 1.807) is 18.3 Å². The van der Waals surface area contributed by atoms with E-state index in [9.17, 15) is 4.79 Å². The number of benzene rings is 2. The van der Waals surface area contributed by atoms with Crippen LogP contribution < -0.4 is 16.0 Å². The molecule has 7 nitrogen and oxygen atoms in total. The van der Waals surface area contributed by atoms with Crippen LogP contribution in [0.1, 0.15) is 5.56 Å². The minimum Gasteiger partial charge on any atom is -0.395 e. The van der Waals surface area contributed by atoms with Gasteiger partial charge in [0, 0.05) is 29.7 Å². The number of anilines is 3. The lowest BCUT2D eigenvalue weighted by atomic mass is 10.2.